The number of amidine groups is 1. The molecule has 2 heterocycles. The lowest BCUT2D eigenvalue weighted by Gasteiger charge is -2.24. The second kappa shape index (κ2) is 9.09. The first-order valence-electron chi connectivity index (χ1n) is 9.26. The maximum absolute atomic E-state index is 12.2. The molecule has 2 aliphatic heterocycles. The highest BCUT2D eigenvalue weighted by Gasteiger charge is 2.31. The zero-order valence-corrected chi connectivity index (χ0v) is 15.7. The van der Waals surface area contributed by atoms with E-state index in [0.717, 1.165) is 48.2 Å². The highest BCUT2D eigenvalue weighted by atomic mass is 32.2. The van der Waals surface area contributed by atoms with Crippen molar-refractivity contribution >= 4 is 28.9 Å². The van der Waals surface area contributed by atoms with E-state index in [4.69, 9.17) is 4.74 Å². The van der Waals surface area contributed by atoms with Gasteiger partial charge < -0.3 is 9.64 Å². The van der Waals surface area contributed by atoms with Crippen LogP contribution in [0.5, 0.6) is 5.75 Å². The van der Waals surface area contributed by atoms with Gasteiger partial charge in [-0.25, -0.2) is 0 Å². The van der Waals surface area contributed by atoms with Crippen molar-refractivity contribution in [2.24, 2.45) is 4.99 Å². The van der Waals surface area contributed by atoms with Crippen LogP contribution in [0.25, 0.3) is 6.08 Å². The largest absolute Gasteiger partial charge is 0.494 e. The summed E-state index contributed by atoms with van der Waals surface area (Å²) in [7, 11) is 0. The highest BCUT2D eigenvalue weighted by molar-refractivity contribution is 8.13. The minimum atomic E-state index is -0.133. The number of benzene rings is 1. The van der Waals surface area contributed by atoms with Crippen molar-refractivity contribution in [1.82, 2.24) is 4.90 Å². The summed E-state index contributed by atoms with van der Waals surface area (Å²) in [6, 6.07) is 7.96. The zero-order chi connectivity index (χ0) is 17.5. The molecule has 1 aromatic carbocycles. The number of thioether (sulfide) groups is 1. The standard InChI is InChI=1S/C20H26N2O2S/c1-2-3-4-5-6-12-24-17-10-7-9-16(14-17)15-18-19(23)21-20-22(18)11-8-13-25-20/h7,9-10,14-15H,2-6,8,11-13H2,1H3/b18-15-. The third kappa shape index (κ3) is 4.88. The predicted octanol–water partition coefficient (Wildman–Crippen LogP) is 4.71. The fourth-order valence-electron chi connectivity index (χ4n) is 3.02. The van der Waals surface area contributed by atoms with Crippen LogP contribution in [0, 0.1) is 0 Å². The third-order valence-corrected chi connectivity index (χ3v) is 5.44. The van der Waals surface area contributed by atoms with Crippen molar-refractivity contribution in [3.63, 3.8) is 0 Å². The van der Waals surface area contributed by atoms with E-state index in [1.54, 1.807) is 11.8 Å². The lowest BCUT2D eigenvalue weighted by Crippen LogP contribution is -2.30. The molecule has 1 fully saturated rings. The molecule has 0 N–H and O–H groups in total. The van der Waals surface area contributed by atoms with Crippen molar-refractivity contribution < 1.29 is 9.53 Å². The Labute approximate surface area is 154 Å². The first-order valence-corrected chi connectivity index (χ1v) is 10.2. The number of nitrogens with zero attached hydrogens (tertiary/aromatic N) is 2. The van der Waals surface area contributed by atoms with Gasteiger partial charge in [0, 0.05) is 12.3 Å². The summed E-state index contributed by atoms with van der Waals surface area (Å²) in [5.41, 5.74) is 1.66. The van der Waals surface area contributed by atoms with Gasteiger partial charge in [0.15, 0.2) is 5.17 Å². The van der Waals surface area contributed by atoms with Gasteiger partial charge in [0.25, 0.3) is 5.91 Å². The van der Waals surface area contributed by atoms with Crippen molar-refractivity contribution in [3.8, 4) is 5.75 Å². The zero-order valence-electron chi connectivity index (χ0n) is 14.9. The number of ether oxygens (including phenoxy) is 1. The number of carbonyl (C=O) groups is 1. The van der Waals surface area contributed by atoms with Gasteiger partial charge in [-0.2, -0.15) is 4.99 Å². The number of unbranched alkanes of at least 4 members (excludes halogenated alkanes) is 4. The Morgan fingerprint density at radius 3 is 3.04 bits per heavy atom. The summed E-state index contributed by atoms with van der Waals surface area (Å²) in [5, 5.41) is 0.849. The number of carbonyl (C=O) groups excluding carboxylic acids is 1. The minimum absolute atomic E-state index is 0.133. The van der Waals surface area contributed by atoms with Crippen LogP contribution in [-0.2, 0) is 4.79 Å². The van der Waals surface area contributed by atoms with Crippen LogP contribution >= 0.6 is 11.8 Å². The lowest BCUT2D eigenvalue weighted by atomic mass is 10.1. The monoisotopic (exact) mass is 358 g/mol. The van der Waals surface area contributed by atoms with E-state index in [-0.39, 0.29) is 5.91 Å². The van der Waals surface area contributed by atoms with Crippen LogP contribution in [0.3, 0.4) is 0 Å². The average molecular weight is 359 g/mol. The Morgan fingerprint density at radius 2 is 2.16 bits per heavy atom. The van der Waals surface area contributed by atoms with Crippen LogP contribution in [0.15, 0.2) is 35.0 Å². The summed E-state index contributed by atoms with van der Waals surface area (Å²) >= 11 is 1.66. The maximum atomic E-state index is 12.2. The van der Waals surface area contributed by atoms with Crippen LogP contribution in [-0.4, -0.2) is 34.9 Å². The molecule has 2 aliphatic rings. The Kier molecular flexibility index (Phi) is 6.56. The van der Waals surface area contributed by atoms with E-state index in [2.05, 4.69) is 11.9 Å². The SMILES string of the molecule is CCCCCCCOc1cccc(/C=C2/C(=O)N=C3SCCCN32)c1. The fraction of sp³-hybridized carbons (Fsp3) is 0.500. The van der Waals surface area contributed by atoms with Crippen LogP contribution < -0.4 is 4.74 Å². The van der Waals surface area contributed by atoms with Gasteiger partial charge in [0.1, 0.15) is 11.4 Å². The second-order valence-electron chi connectivity index (χ2n) is 6.42. The van der Waals surface area contributed by atoms with Gasteiger partial charge in [0.05, 0.1) is 6.61 Å². The average Bonchev–Trinajstić information content (AvgIpc) is 2.94. The van der Waals surface area contributed by atoms with Gasteiger partial charge in [0.2, 0.25) is 0 Å². The van der Waals surface area contributed by atoms with Gasteiger partial charge in [-0.1, -0.05) is 56.5 Å². The molecule has 3 rings (SSSR count). The lowest BCUT2D eigenvalue weighted by molar-refractivity contribution is -0.114. The summed E-state index contributed by atoms with van der Waals surface area (Å²) in [6.45, 7) is 3.85. The molecule has 5 heteroatoms. The molecule has 134 valence electrons. The molecule has 4 nitrogen and oxygen atoms in total. The molecular weight excluding hydrogens is 332 g/mol. The van der Waals surface area contributed by atoms with Crippen molar-refractivity contribution in [1.29, 1.82) is 0 Å². The van der Waals surface area contributed by atoms with E-state index >= 15 is 0 Å². The number of aliphatic imine (C=N–C) groups is 1. The number of hydrogen-bond donors (Lipinski definition) is 0. The Morgan fingerprint density at radius 1 is 1.28 bits per heavy atom. The van der Waals surface area contributed by atoms with E-state index in [0.29, 0.717) is 5.70 Å². The molecule has 1 aromatic rings. The van der Waals surface area contributed by atoms with Gasteiger partial charge in [-0.15, -0.1) is 0 Å². The molecule has 0 aromatic heterocycles. The molecule has 0 bridgehead atoms. The van der Waals surface area contributed by atoms with Crippen LogP contribution in [0.1, 0.15) is 51.0 Å². The van der Waals surface area contributed by atoms with E-state index in [9.17, 15) is 4.79 Å². The number of fused-ring (bicyclic) bond motifs is 1. The molecule has 1 amide bonds. The molecule has 0 saturated carbocycles. The first kappa shape index (κ1) is 18.1. The van der Waals surface area contributed by atoms with E-state index in [1.807, 2.05) is 35.2 Å². The highest BCUT2D eigenvalue weighted by Crippen LogP contribution is 2.29. The molecule has 25 heavy (non-hydrogen) atoms. The van der Waals surface area contributed by atoms with E-state index < -0.39 is 0 Å². The fourth-order valence-corrected chi connectivity index (χ4v) is 3.97. The van der Waals surface area contributed by atoms with Crippen molar-refractivity contribution in [2.75, 3.05) is 18.9 Å². The van der Waals surface area contributed by atoms with Gasteiger partial charge in [-0.3, -0.25) is 4.79 Å². The Balaban J connectivity index is 1.59. The Bertz CT molecular complexity index is 669. The van der Waals surface area contributed by atoms with Crippen LogP contribution in [0.2, 0.25) is 0 Å². The van der Waals surface area contributed by atoms with Crippen LogP contribution in [0.4, 0.5) is 0 Å². The summed E-state index contributed by atoms with van der Waals surface area (Å²) in [5.74, 6) is 1.77. The van der Waals surface area contributed by atoms with Crippen molar-refractivity contribution in [3.05, 3.63) is 35.5 Å². The molecular formula is C20H26N2O2S. The van der Waals surface area contributed by atoms with Gasteiger partial charge >= 0.3 is 0 Å². The predicted molar refractivity (Wildman–Crippen MR) is 105 cm³/mol. The minimum Gasteiger partial charge on any atom is -0.494 e. The Hall–Kier alpha value is -1.75. The normalized spacial score (nSPS) is 18.4. The quantitative estimate of drug-likeness (QED) is 0.498. The molecule has 0 atom stereocenters. The van der Waals surface area contributed by atoms with Gasteiger partial charge in [-0.05, 0) is 36.6 Å². The third-order valence-electron chi connectivity index (χ3n) is 4.37. The number of hydrogen-bond acceptors (Lipinski definition) is 4. The summed E-state index contributed by atoms with van der Waals surface area (Å²) in [6.07, 6.45) is 9.16. The first-order chi connectivity index (χ1) is 12.3. The second-order valence-corrected chi connectivity index (χ2v) is 7.48. The maximum Gasteiger partial charge on any atom is 0.296 e. The smallest absolute Gasteiger partial charge is 0.296 e. The van der Waals surface area contributed by atoms with E-state index in [1.165, 1.54) is 25.7 Å². The molecule has 0 spiro atoms. The molecule has 1 saturated heterocycles. The number of amides is 1. The number of rotatable bonds is 8. The van der Waals surface area contributed by atoms with Crippen molar-refractivity contribution in [2.45, 2.75) is 45.4 Å². The molecule has 0 radical (unpaired) electrons. The summed E-state index contributed by atoms with van der Waals surface area (Å²) in [4.78, 5) is 18.4. The topological polar surface area (TPSA) is 41.9 Å². The molecule has 0 aliphatic carbocycles. The molecule has 0 unspecified atom stereocenters. The summed E-state index contributed by atoms with van der Waals surface area (Å²) < 4.78 is 5.86.